The molecular formula is C29H50O. The number of aliphatic hydroxyl groups excluding tert-OH is 1. The van der Waals surface area contributed by atoms with E-state index in [9.17, 15) is 5.11 Å². The van der Waals surface area contributed by atoms with E-state index in [4.69, 9.17) is 0 Å². The van der Waals surface area contributed by atoms with E-state index in [1.165, 1.54) is 64.2 Å². The minimum atomic E-state index is -0.110. The zero-order valence-corrected chi connectivity index (χ0v) is 21.2. The average molecular weight is 415 g/mol. The molecule has 0 aromatic carbocycles. The van der Waals surface area contributed by atoms with Crippen molar-refractivity contribution in [2.75, 3.05) is 0 Å². The molecule has 4 rings (SSSR count). The fraction of sp³-hybridized carbons (Fsp3) is 0.931. The molecule has 7 atom stereocenters. The molecule has 1 heteroatoms. The molecule has 3 fully saturated rings. The largest absolute Gasteiger partial charge is 0.393 e. The van der Waals surface area contributed by atoms with Crippen LogP contribution in [0.3, 0.4) is 0 Å². The number of hydrogen-bond donors (Lipinski definition) is 1. The molecule has 0 saturated heterocycles. The molecule has 4 aliphatic rings. The van der Waals surface area contributed by atoms with Crippen LogP contribution >= 0.6 is 0 Å². The lowest BCUT2D eigenvalue weighted by Gasteiger charge is -2.61. The molecule has 4 aliphatic carbocycles. The summed E-state index contributed by atoms with van der Waals surface area (Å²) in [6.45, 7) is 17.3. The molecule has 1 nitrogen and oxygen atoms in total. The molecule has 0 bridgehead atoms. The van der Waals surface area contributed by atoms with Crippen molar-refractivity contribution in [3.05, 3.63) is 11.1 Å². The maximum absolute atomic E-state index is 10.8. The van der Waals surface area contributed by atoms with E-state index < -0.39 is 0 Å². The normalized spacial score (nSPS) is 43.9. The van der Waals surface area contributed by atoms with Crippen LogP contribution in [0.1, 0.15) is 119 Å². The zero-order chi connectivity index (χ0) is 21.9. The van der Waals surface area contributed by atoms with Crippen molar-refractivity contribution in [2.24, 2.45) is 45.8 Å². The van der Waals surface area contributed by atoms with Gasteiger partial charge in [-0.1, -0.05) is 78.9 Å². The predicted molar refractivity (Wildman–Crippen MR) is 128 cm³/mol. The molecule has 0 spiro atoms. The number of hydrogen-bond acceptors (Lipinski definition) is 1. The van der Waals surface area contributed by atoms with E-state index >= 15 is 0 Å². The van der Waals surface area contributed by atoms with Crippen LogP contribution in [0, 0.1) is 45.8 Å². The fourth-order valence-electron chi connectivity index (χ4n) is 9.33. The summed E-state index contributed by atoms with van der Waals surface area (Å²) in [5.74, 6) is 4.10. The summed E-state index contributed by atoms with van der Waals surface area (Å²) in [6.07, 6.45) is 14.6. The highest BCUT2D eigenvalue weighted by molar-refractivity contribution is 5.35. The highest BCUT2D eigenvalue weighted by Gasteiger charge is 2.59. The predicted octanol–water partition coefficient (Wildman–Crippen LogP) is 8.17. The summed E-state index contributed by atoms with van der Waals surface area (Å²) >= 11 is 0. The Hall–Kier alpha value is -0.300. The first-order chi connectivity index (χ1) is 14.0. The van der Waals surface area contributed by atoms with Crippen molar-refractivity contribution in [1.29, 1.82) is 0 Å². The van der Waals surface area contributed by atoms with E-state index in [2.05, 4.69) is 48.5 Å². The molecule has 1 N–H and O–H groups in total. The van der Waals surface area contributed by atoms with Gasteiger partial charge in [-0.25, -0.2) is 0 Å². The van der Waals surface area contributed by atoms with Crippen LogP contribution in [0.15, 0.2) is 11.1 Å². The van der Waals surface area contributed by atoms with Crippen molar-refractivity contribution >= 4 is 0 Å². The van der Waals surface area contributed by atoms with Gasteiger partial charge >= 0.3 is 0 Å². The van der Waals surface area contributed by atoms with Crippen LogP contribution in [0.5, 0.6) is 0 Å². The van der Waals surface area contributed by atoms with Crippen LogP contribution in [-0.4, -0.2) is 11.2 Å². The summed E-state index contributed by atoms with van der Waals surface area (Å²) in [5.41, 5.74) is 4.80. The molecule has 30 heavy (non-hydrogen) atoms. The molecule has 0 aromatic rings. The second kappa shape index (κ2) is 7.93. The molecule has 0 amide bonds. The van der Waals surface area contributed by atoms with Crippen molar-refractivity contribution in [1.82, 2.24) is 0 Å². The Morgan fingerprint density at radius 1 is 0.900 bits per heavy atom. The zero-order valence-electron chi connectivity index (χ0n) is 21.2. The minimum Gasteiger partial charge on any atom is -0.393 e. The maximum Gasteiger partial charge on any atom is 0.0594 e. The van der Waals surface area contributed by atoms with Gasteiger partial charge in [-0.15, -0.1) is 0 Å². The summed E-state index contributed by atoms with van der Waals surface area (Å²) in [5, 5.41) is 10.8. The van der Waals surface area contributed by atoms with Crippen molar-refractivity contribution in [2.45, 2.75) is 125 Å². The van der Waals surface area contributed by atoms with Crippen LogP contribution in [-0.2, 0) is 0 Å². The highest BCUT2D eigenvalue weighted by Crippen LogP contribution is 2.68. The lowest BCUT2D eigenvalue weighted by atomic mass is 9.44. The third-order valence-corrected chi connectivity index (χ3v) is 11.1. The molecular weight excluding hydrogens is 364 g/mol. The van der Waals surface area contributed by atoms with Gasteiger partial charge in [0.2, 0.25) is 0 Å². The van der Waals surface area contributed by atoms with Gasteiger partial charge in [-0.3, -0.25) is 0 Å². The summed E-state index contributed by atoms with van der Waals surface area (Å²) < 4.78 is 0. The Kier molecular flexibility index (Phi) is 6.05. The number of aliphatic hydroxyl groups is 1. The van der Waals surface area contributed by atoms with Gasteiger partial charge in [0.1, 0.15) is 0 Å². The monoisotopic (exact) mass is 414 g/mol. The average Bonchev–Trinajstić information content (AvgIpc) is 3.02. The van der Waals surface area contributed by atoms with Crippen LogP contribution in [0.2, 0.25) is 0 Å². The first-order valence-electron chi connectivity index (χ1n) is 13.4. The van der Waals surface area contributed by atoms with Crippen molar-refractivity contribution < 1.29 is 5.11 Å². The van der Waals surface area contributed by atoms with E-state index in [1.807, 2.05) is 11.1 Å². The third kappa shape index (κ3) is 3.45. The lowest BCUT2D eigenvalue weighted by Crippen LogP contribution is -2.55. The van der Waals surface area contributed by atoms with Gasteiger partial charge in [-0.05, 0) is 97.2 Å². The van der Waals surface area contributed by atoms with E-state index in [-0.39, 0.29) is 11.5 Å². The first-order valence-corrected chi connectivity index (χ1v) is 13.4. The highest BCUT2D eigenvalue weighted by atomic mass is 16.3. The van der Waals surface area contributed by atoms with Gasteiger partial charge < -0.3 is 5.11 Å². The quantitative estimate of drug-likeness (QED) is 0.450. The Bertz CT molecular complexity index is 672. The summed E-state index contributed by atoms with van der Waals surface area (Å²) in [4.78, 5) is 0. The standard InChI is InChI=1S/C29H50O/c1-19(2)9-8-10-20(3)22-12-13-23-21-11-14-25-27(4,5)26(30)16-18-29(25,7)24(21)15-17-28(22,23)6/h19-20,22,24-26,30H,8-18H2,1-7H3/t20-,22-,24+,25+,26+,28-,29-/m1/s1. The molecule has 0 aromatic heterocycles. The summed E-state index contributed by atoms with van der Waals surface area (Å²) in [6, 6.07) is 0. The second-order valence-electron chi connectivity index (χ2n) is 13.4. The number of allylic oxidation sites excluding steroid dienone is 2. The van der Waals surface area contributed by atoms with E-state index in [0.29, 0.717) is 16.7 Å². The Labute approximate surface area is 187 Å². The molecule has 0 heterocycles. The van der Waals surface area contributed by atoms with Crippen molar-refractivity contribution in [3.63, 3.8) is 0 Å². The number of rotatable bonds is 5. The molecule has 0 radical (unpaired) electrons. The van der Waals surface area contributed by atoms with Crippen LogP contribution < -0.4 is 0 Å². The Morgan fingerprint density at radius 2 is 1.63 bits per heavy atom. The van der Waals surface area contributed by atoms with Gasteiger partial charge in [0.15, 0.2) is 0 Å². The van der Waals surface area contributed by atoms with Gasteiger partial charge in [0, 0.05) is 0 Å². The number of fused-ring (bicyclic) bond motifs is 4. The van der Waals surface area contributed by atoms with Gasteiger partial charge in [0.25, 0.3) is 0 Å². The lowest BCUT2D eigenvalue weighted by molar-refractivity contribution is -0.128. The van der Waals surface area contributed by atoms with E-state index in [1.54, 1.807) is 0 Å². The Morgan fingerprint density at radius 3 is 2.33 bits per heavy atom. The Balaban J connectivity index is 1.57. The second-order valence-corrected chi connectivity index (χ2v) is 13.4. The minimum absolute atomic E-state index is 0.0765. The fourth-order valence-corrected chi connectivity index (χ4v) is 9.33. The van der Waals surface area contributed by atoms with Gasteiger partial charge in [0.05, 0.1) is 6.10 Å². The molecule has 0 unspecified atom stereocenters. The maximum atomic E-state index is 10.8. The first kappa shape index (κ1) is 22.9. The van der Waals surface area contributed by atoms with Crippen LogP contribution in [0.25, 0.3) is 0 Å². The molecule has 3 saturated carbocycles. The van der Waals surface area contributed by atoms with Crippen molar-refractivity contribution in [3.8, 4) is 0 Å². The van der Waals surface area contributed by atoms with E-state index in [0.717, 1.165) is 30.1 Å². The van der Waals surface area contributed by atoms with Crippen LogP contribution in [0.4, 0.5) is 0 Å². The topological polar surface area (TPSA) is 20.2 Å². The third-order valence-electron chi connectivity index (χ3n) is 11.1. The molecule has 172 valence electrons. The molecule has 0 aliphatic heterocycles. The smallest absolute Gasteiger partial charge is 0.0594 e. The summed E-state index contributed by atoms with van der Waals surface area (Å²) in [7, 11) is 0. The van der Waals surface area contributed by atoms with Gasteiger partial charge in [-0.2, -0.15) is 0 Å². The SMILES string of the molecule is CC(C)CCC[C@@H](C)[C@H]1CCC2=C3CC[C@H]4C(C)(C)[C@@H](O)CC[C@]4(C)[C@H]3CC[C@@]21C.